The lowest BCUT2D eigenvalue weighted by atomic mass is 10.0. The number of hydrogen-bond donors (Lipinski definition) is 0. The summed E-state index contributed by atoms with van der Waals surface area (Å²) in [5.74, 6) is -0.271. The number of carbonyl (C=O) groups excluding carboxylic acids is 1. The van der Waals surface area contributed by atoms with Crippen molar-refractivity contribution in [2.24, 2.45) is 0 Å². The van der Waals surface area contributed by atoms with Crippen LogP contribution in [0.25, 0.3) is 0 Å². The van der Waals surface area contributed by atoms with E-state index in [2.05, 4.69) is 15.9 Å². The number of hydrogen-bond acceptors (Lipinski definition) is 2. The molecule has 0 atom stereocenters. The molecule has 0 saturated carbocycles. The first-order chi connectivity index (χ1) is 6.20. The topological polar surface area (TPSA) is 26.3 Å². The van der Waals surface area contributed by atoms with Gasteiger partial charge in [0.25, 0.3) is 0 Å². The summed E-state index contributed by atoms with van der Waals surface area (Å²) in [5, 5.41) is 0.666. The van der Waals surface area contributed by atoms with Crippen LogP contribution in [0.5, 0.6) is 0 Å². The number of esters is 1. The molecular formula is C10H11BrO2. The van der Waals surface area contributed by atoms with Gasteiger partial charge in [0.15, 0.2) is 0 Å². The molecule has 0 heterocycles. The predicted molar refractivity (Wildman–Crippen MR) is 55.1 cm³/mol. The van der Waals surface area contributed by atoms with E-state index >= 15 is 0 Å². The standard InChI is InChI=1S/C10H11BrO2/c1-7-4-3-5-8(6-11)9(7)10(12)13-2/h3-5H,6H2,1-2H3. The quantitative estimate of drug-likeness (QED) is 0.589. The summed E-state index contributed by atoms with van der Waals surface area (Å²) in [5.41, 5.74) is 2.58. The van der Waals surface area contributed by atoms with Crippen molar-refractivity contribution in [3.05, 3.63) is 34.9 Å². The second-order valence-corrected chi connectivity index (χ2v) is 3.29. The highest BCUT2D eigenvalue weighted by molar-refractivity contribution is 9.08. The molecule has 13 heavy (non-hydrogen) atoms. The molecule has 1 aromatic rings. The number of methoxy groups -OCH3 is 1. The number of benzene rings is 1. The Hall–Kier alpha value is -0.830. The van der Waals surface area contributed by atoms with Crippen LogP contribution in [0.4, 0.5) is 0 Å². The summed E-state index contributed by atoms with van der Waals surface area (Å²) in [6.07, 6.45) is 0. The summed E-state index contributed by atoms with van der Waals surface area (Å²) in [7, 11) is 1.40. The van der Waals surface area contributed by atoms with Gasteiger partial charge in [-0.05, 0) is 18.1 Å². The summed E-state index contributed by atoms with van der Waals surface area (Å²) in [6.45, 7) is 1.90. The lowest BCUT2D eigenvalue weighted by Crippen LogP contribution is -2.07. The molecule has 1 rings (SSSR count). The Morgan fingerprint density at radius 3 is 2.77 bits per heavy atom. The van der Waals surface area contributed by atoms with Gasteiger partial charge in [-0.25, -0.2) is 4.79 Å². The summed E-state index contributed by atoms with van der Waals surface area (Å²) < 4.78 is 4.70. The maximum Gasteiger partial charge on any atom is 0.338 e. The Balaban J connectivity index is 3.22. The minimum Gasteiger partial charge on any atom is -0.465 e. The highest BCUT2D eigenvalue weighted by Gasteiger charge is 2.12. The fourth-order valence-corrected chi connectivity index (χ4v) is 1.70. The maximum atomic E-state index is 11.4. The summed E-state index contributed by atoms with van der Waals surface area (Å²) >= 11 is 3.33. The molecule has 0 fully saturated rings. The van der Waals surface area contributed by atoms with Crippen LogP contribution in [0, 0.1) is 6.92 Å². The zero-order valence-corrected chi connectivity index (χ0v) is 9.22. The van der Waals surface area contributed by atoms with Gasteiger partial charge in [0, 0.05) is 5.33 Å². The number of ether oxygens (including phenoxy) is 1. The van der Waals surface area contributed by atoms with Crippen molar-refractivity contribution in [3.63, 3.8) is 0 Å². The SMILES string of the molecule is COC(=O)c1c(C)cccc1CBr. The molecule has 1 aromatic carbocycles. The van der Waals surface area contributed by atoms with E-state index in [9.17, 15) is 4.79 Å². The second-order valence-electron chi connectivity index (χ2n) is 2.73. The van der Waals surface area contributed by atoms with Crippen molar-refractivity contribution in [3.8, 4) is 0 Å². The van der Waals surface area contributed by atoms with E-state index in [4.69, 9.17) is 4.74 Å². The Morgan fingerprint density at radius 2 is 2.23 bits per heavy atom. The monoisotopic (exact) mass is 242 g/mol. The van der Waals surface area contributed by atoms with E-state index in [1.807, 2.05) is 25.1 Å². The molecule has 3 heteroatoms. The molecule has 0 radical (unpaired) electrons. The van der Waals surface area contributed by atoms with E-state index in [1.165, 1.54) is 7.11 Å². The van der Waals surface area contributed by atoms with Gasteiger partial charge in [-0.1, -0.05) is 34.1 Å². The van der Waals surface area contributed by atoms with Gasteiger partial charge >= 0.3 is 5.97 Å². The molecule has 0 bridgehead atoms. The molecule has 0 aliphatic carbocycles. The Labute approximate surface area is 86.0 Å². The molecule has 0 spiro atoms. The number of halogens is 1. The van der Waals surface area contributed by atoms with Crippen molar-refractivity contribution in [2.45, 2.75) is 12.3 Å². The molecule has 0 aromatic heterocycles. The molecule has 0 amide bonds. The summed E-state index contributed by atoms with van der Waals surface area (Å²) in [4.78, 5) is 11.4. The highest BCUT2D eigenvalue weighted by Crippen LogP contribution is 2.17. The highest BCUT2D eigenvalue weighted by atomic mass is 79.9. The number of alkyl halides is 1. The Morgan fingerprint density at radius 1 is 1.54 bits per heavy atom. The van der Waals surface area contributed by atoms with Crippen molar-refractivity contribution >= 4 is 21.9 Å². The van der Waals surface area contributed by atoms with Gasteiger partial charge in [-0.2, -0.15) is 0 Å². The van der Waals surface area contributed by atoms with E-state index in [-0.39, 0.29) is 5.97 Å². The van der Waals surface area contributed by atoms with Gasteiger partial charge in [0.05, 0.1) is 12.7 Å². The van der Waals surface area contributed by atoms with Crippen LogP contribution in [0.3, 0.4) is 0 Å². The van der Waals surface area contributed by atoms with Crippen molar-refractivity contribution < 1.29 is 9.53 Å². The smallest absolute Gasteiger partial charge is 0.338 e. The summed E-state index contributed by atoms with van der Waals surface area (Å²) in [6, 6.07) is 5.74. The molecule has 2 nitrogen and oxygen atoms in total. The molecule has 70 valence electrons. The van der Waals surface area contributed by atoms with Gasteiger partial charge in [-0.15, -0.1) is 0 Å². The van der Waals surface area contributed by atoms with Gasteiger partial charge < -0.3 is 4.74 Å². The van der Waals surface area contributed by atoms with Crippen LogP contribution in [0.15, 0.2) is 18.2 Å². The van der Waals surface area contributed by atoms with Crippen LogP contribution in [-0.2, 0) is 10.1 Å². The first-order valence-corrected chi connectivity index (χ1v) is 5.05. The maximum absolute atomic E-state index is 11.4. The number of aryl methyl sites for hydroxylation is 1. The number of rotatable bonds is 2. The molecule has 0 saturated heterocycles. The first kappa shape index (κ1) is 10.3. The van der Waals surface area contributed by atoms with E-state index in [1.54, 1.807) is 0 Å². The minimum absolute atomic E-state index is 0.271. The van der Waals surface area contributed by atoms with E-state index < -0.39 is 0 Å². The third-order valence-electron chi connectivity index (χ3n) is 1.89. The van der Waals surface area contributed by atoms with Crippen molar-refractivity contribution in [2.75, 3.05) is 7.11 Å². The first-order valence-electron chi connectivity index (χ1n) is 3.93. The molecule has 0 aliphatic heterocycles. The zero-order chi connectivity index (χ0) is 9.84. The van der Waals surface area contributed by atoms with Crippen LogP contribution in [0.1, 0.15) is 21.5 Å². The number of carbonyl (C=O) groups is 1. The molecule has 0 N–H and O–H groups in total. The zero-order valence-electron chi connectivity index (χ0n) is 7.63. The molecular weight excluding hydrogens is 232 g/mol. The normalized spacial score (nSPS) is 9.77. The predicted octanol–water partition coefficient (Wildman–Crippen LogP) is 2.68. The average Bonchev–Trinajstić information content (AvgIpc) is 2.16. The van der Waals surface area contributed by atoms with Crippen molar-refractivity contribution in [1.82, 2.24) is 0 Å². The third-order valence-corrected chi connectivity index (χ3v) is 2.50. The average molecular weight is 243 g/mol. The van der Waals surface area contributed by atoms with Gasteiger partial charge in [0.1, 0.15) is 0 Å². The fourth-order valence-electron chi connectivity index (χ4n) is 1.23. The molecule has 0 unspecified atom stereocenters. The van der Waals surface area contributed by atoms with E-state index in [0.29, 0.717) is 10.9 Å². The lowest BCUT2D eigenvalue weighted by Gasteiger charge is -2.07. The third kappa shape index (κ3) is 2.10. The van der Waals surface area contributed by atoms with Crippen LogP contribution < -0.4 is 0 Å². The largest absolute Gasteiger partial charge is 0.465 e. The van der Waals surface area contributed by atoms with Crippen LogP contribution in [0.2, 0.25) is 0 Å². The van der Waals surface area contributed by atoms with Crippen molar-refractivity contribution in [1.29, 1.82) is 0 Å². The van der Waals surface area contributed by atoms with Gasteiger partial charge in [-0.3, -0.25) is 0 Å². The second kappa shape index (κ2) is 4.42. The van der Waals surface area contributed by atoms with Gasteiger partial charge in [0.2, 0.25) is 0 Å². The van der Waals surface area contributed by atoms with Crippen LogP contribution >= 0.6 is 15.9 Å². The fraction of sp³-hybridized carbons (Fsp3) is 0.300. The van der Waals surface area contributed by atoms with E-state index in [0.717, 1.165) is 11.1 Å². The Bertz CT molecular complexity index is 321. The van der Waals surface area contributed by atoms with Crippen LogP contribution in [-0.4, -0.2) is 13.1 Å². The molecule has 0 aliphatic rings. The Kier molecular flexibility index (Phi) is 3.48. The minimum atomic E-state index is -0.271. The lowest BCUT2D eigenvalue weighted by molar-refractivity contribution is 0.0599.